The fourth-order valence-corrected chi connectivity index (χ4v) is 3.36. The summed E-state index contributed by atoms with van der Waals surface area (Å²) >= 11 is 0. The fraction of sp³-hybridized carbons (Fsp3) is 0.412. The van der Waals surface area contributed by atoms with E-state index in [-0.39, 0.29) is 5.69 Å². The summed E-state index contributed by atoms with van der Waals surface area (Å²) < 4.78 is 1.64. The molecule has 0 spiro atoms. The SMILES string of the molecule is CCn1c(=O)[nH]c2c(N3CCN(Cc4cccnc4)CC3)ncnc21. The Kier molecular flexibility index (Phi) is 4.19. The van der Waals surface area contributed by atoms with E-state index in [1.165, 1.54) is 5.56 Å². The Bertz CT molecular complexity index is 910. The molecule has 0 atom stereocenters. The number of rotatable bonds is 4. The zero-order valence-electron chi connectivity index (χ0n) is 14.2. The molecule has 130 valence electrons. The van der Waals surface area contributed by atoms with Crippen LogP contribution in [0, 0.1) is 0 Å². The van der Waals surface area contributed by atoms with E-state index < -0.39 is 0 Å². The van der Waals surface area contributed by atoms with Gasteiger partial charge in [0.05, 0.1) is 0 Å². The van der Waals surface area contributed by atoms with Crippen LogP contribution in [0.2, 0.25) is 0 Å². The highest BCUT2D eigenvalue weighted by Crippen LogP contribution is 2.21. The van der Waals surface area contributed by atoms with E-state index in [0.29, 0.717) is 12.2 Å². The summed E-state index contributed by atoms with van der Waals surface area (Å²) in [5, 5.41) is 0. The third-order valence-electron chi connectivity index (χ3n) is 4.66. The molecule has 0 aliphatic carbocycles. The lowest BCUT2D eigenvalue weighted by Gasteiger charge is -2.35. The zero-order chi connectivity index (χ0) is 17.2. The van der Waals surface area contributed by atoms with Crippen LogP contribution in [0.1, 0.15) is 12.5 Å². The van der Waals surface area contributed by atoms with Crippen LogP contribution in [0.4, 0.5) is 5.82 Å². The minimum Gasteiger partial charge on any atom is -0.352 e. The van der Waals surface area contributed by atoms with Crippen LogP contribution < -0.4 is 10.6 Å². The first kappa shape index (κ1) is 15.8. The maximum atomic E-state index is 12.1. The normalized spacial score (nSPS) is 15.8. The van der Waals surface area contributed by atoms with Crippen molar-refractivity contribution in [1.29, 1.82) is 0 Å². The smallest absolute Gasteiger partial charge is 0.327 e. The van der Waals surface area contributed by atoms with Gasteiger partial charge >= 0.3 is 5.69 Å². The molecule has 3 aromatic heterocycles. The number of aromatic nitrogens is 5. The summed E-state index contributed by atoms with van der Waals surface area (Å²) in [6.07, 6.45) is 5.25. The number of H-pyrrole nitrogens is 1. The zero-order valence-corrected chi connectivity index (χ0v) is 14.2. The molecule has 25 heavy (non-hydrogen) atoms. The molecule has 1 N–H and O–H groups in total. The number of imidazole rings is 1. The van der Waals surface area contributed by atoms with E-state index in [1.54, 1.807) is 17.1 Å². The first-order valence-electron chi connectivity index (χ1n) is 8.56. The second-order valence-electron chi connectivity index (χ2n) is 6.19. The molecule has 0 bridgehead atoms. The van der Waals surface area contributed by atoms with E-state index in [9.17, 15) is 4.79 Å². The monoisotopic (exact) mass is 339 g/mol. The van der Waals surface area contributed by atoms with Crippen LogP contribution >= 0.6 is 0 Å². The second kappa shape index (κ2) is 6.64. The van der Waals surface area contributed by atoms with Crippen molar-refractivity contribution in [2.75, 3.05) is 31.1 Å². The predicted molar refractivity (Wildman–Crippen MR) is 95.5 cm³/mol. The Morgan fingerprint density at radius 1 is 1.20 bits per heavy atom. The third kappa shape index (κ3) is 3.00. The maximum Gasteiger partial charge on any atom is 0.327 e. The van der Waals surface area contributed by atoms with Crippen LogP contribution in [0.25, 0.3) is 11.2 Å². The molecule has 0 radical (unpaired) electrons. The number of aromatic amines is 1. The highest BCUT2D eigenvalue weighted by molar-refractivity contribution is 5.83. The van der Waals surface area contributed by atoms with Crippen molar-refractivity contribution < 1.29 is 0 Å². The Hall–Kier alpha value is -2.74. The number of nitrogens with zero attached hydrogens (tertiary/aromatic N) is 6. The molecule has 4 heterocycles. The number of hydrogen-bond donors (Lipinski definition) is 1. The van der Waals surface area contributed by atoms with Crippen LogP contribution in [0.3, 0.4) is 0 Å². The van der Waals surface area contributed by atoms with Crippen molar-refractivity contribution in [3.63, 3.8) is 0 Å². The fourth-order valence-electron chi connectivity index (χ4n) is 3.36. The standard InChI is InChI=1S/C17H21N7O/c1-2-24-16-14(21-17(24)25)15(19-12-20-16)23-8-6-22(7-9-23)11-13-4-3-5-18-10-13/h3-5,10,12H,2,6-9,11H2,1H3,(H,21,25). The molecule has 0 aromatic carbocycles. The average Bonchev–Trinajstić information content (AvgIpc) is 2.98. The number of anilines is 1. The highest BCUT2D eigenvalue weighted by Gasteiger charge is 2.22. The molecule has 8 heteroatoms. The molecule has 8 nitrogen and oxygen atoms in total. The quantitative estimate of drug-likeness (QED) is 0.759. The first-order chi connectivity index (χ1) is 12.3. The molecule has 0 amide bonds. The van der Waals surface area contributed by atoms with Gasteiger partial charge in [0.1, 0.15) is 11.8 Å². The average molecular weight is 339 g/mol. The largest absolute Gasteiger partial charge is 0.352 e. The van der Waals surface area contributed by atoms with E-state index in [1.807, 2.05) is 19.2 Å². The summed E-state index contributed by atoms with van der Waals surface area (Å²) in [6, 6.07) is 4.07. The van der Waals surface area contributed by atoms with Gasteiger partial charge in [-0.15, -0.1) is 0 Å². The third-order valence-corrected chi connectivity index (χ3v) is 4.66. The van der Waals surface area contributed by atoms with E-state index in [4.69, 9.17) is 0 Å². The van der Waals surface area contributed by atoms with Crippen LogP contribution in [0.5, 0.6) is 0 Å². The lowest BCUT2D eigenvalue weighted by Crippen LogP contribution is -2.46. The van der Waals surface area contributed by atoms with Crippen molar-refractivity contribution in [1.82, 2.24) is 29.4 Å². The van der Waals surface area contributed by atoms with Gasteiger partial charge in [-0.1, -0.05) is 6.07 Å². The minimum absolute atomic E-state index is 0.130. The summed E-state index contributed by atoms with van der Waals surface area (Å²) in [5.41, 5.74) is 2.50. The molecule has 1 aliphatic heterocycles. The number of piperazine rings is 1. The van der Waals surface area contributed by atoms with E-state index in [0.717, 1.165) is 44.1 Å². The predicted octanol–water partition coefficient (Wildman–Crippen LogP) is 0.857. The number of aryl methyl sites for hydroxylation is 1. The first-order valence-corrected chi connectivity index (χ1v) is 8.56. The highest BCUT2D eigenvalue weighted by atomic mass is 16.1. The van der Waals surface area contributed by atoms with E-state index in [2.05, 4.69) is 35.8 Å². The summed E-state index contributed by atoms with van der Waals surface area (Å²) in [6.45, 7) is 7.06. The molecule has 0 unspecified atom stereocenters. The van der Waals surface area contributed by atoms with Gasteiger partial charge in [0.25, 0.3) is 0 Å². The molecule has 3 aromatic rings. The number of fused-ring (bicyclic) bond motifs is 1. The molecular formula is C17H21N7O. The molecule has 4 rings (SSSR count). The van der Waals surface area contributed by atoms with Crippen molar-refractivity contribution in [3.8, 4) is 0 Å². The topological polar surface area (TPSA) is 82.9 Å². The van der Waals surface area contributed by atoms with Crippen molar-refractivity contribution >= 4 is 17.0 Å². The summed E-state index contributed by atoms with van der Waals surface area (Å²) in [7, 11) is 0. The second-order valence-corrected chi connectivity index (χ2v) is 6.19. The van der Waals surface area contributed by atoms with E-state index >= 15 is 0 Å². The van der Waals surface area contributed by atoms with Gasteiger partial charge in [0, 0.05) is 51.7 Å². The van der Waals surface area contributed by atoms with Crippen LogP contribution in [-0.2, 0) is 13.1 Å². The molecule has 1 saturated heterocycles. The lowest BCUT2D eigenvalue weighted by molar-refractivity contribution is 0.249. The van der Waals surface area contributed by atoms with Gasteiger partial charge in [-0.2, -0.15) is 0 Å². The number of hydrogen-bond acceptors (Lipinski definition) is 6. The van der Waals surface area contributed by atoms with Gasteiger partial charge in [-0.25, -0.2) is 14.8 Å². The van der Waals surface area contributed by atoms with Crippen LogP contribution in [-0.4, -0.2) is 55.6 Å². The molecular weight excluding hydrogens is 318 g/mol. The lowest BCUT2D eigenvalue weighted by atomic mass is 10.2. The maximum absolute atomic E-state index is 12.1. The number of pyridine rings is 1. The minimum atomic E-state index is -0.130. The number of nitrogens with one attached hydrogen (secondary N) is 1. The molecule has 1 aliphatic rings. The van der Waals surface area contributed by atoms with Gasteiger partial charge in [0.2, 0.25) is 0 Å². The van der Waals surface area contributed by atoms with Gasteiger partial charge < -0.3 is 9.88 Å². The Labute approximate surface area is 145 Å². The van der Waals surface area contributed by atoms with Gasteiger partial charge in [0.15, 0.2) is 11.5 Å². The Morgan fingerprint density at radius 3 is 2.76 bits per heavy atom. The Balaban J connectivity index is 1.51. The van der Waals surface area contributed by atoms with Crippen molar-refractivity contribution in [2.45, 2.75) is 20.0 Å². The van der Waals surface area contributed by atoms with Gasteiger partial charge in [-0.05, 0) is 18.6 Å². The van der Waals surface area contributed by atoms with Crippen molar-refractivity contribution in [2.24, 2.45) is 0 Å². The Morgan fingerprint density at radius 2 is 2.04 bits per heavy atom. The molecule has 0 saturated carbocycles. The summed E-state index contributed by atoms with van der Waals surface area (Å²) in [4.78, 5) is 32.5. The van der Waals surface area contributed by atoms with Crippen LogP contribution in [0.15, 0.2) is 35.6 Å². The van der Waals surface area contributed by atoms with Gasteiger partial charge in [-0.3, -0.25) is 14.5 Å². The molecule has 1 fully saturated rings. The van der Waals surface area contributed by atoms with Crippen molar-refractivity contribution in [3.05, 3.63) is 46.9 Å². The summed E-state index contributed by atoms with van der Waals surface area (Å²) in [5.74, 6) is 0.815.